The molecule has 1 atom stereocenters. The fraction of sp³-hybridized carbons (Fsp3) is 0.467. The van der Waals surface area contributed by atoms with Crippen LogP contribution in [0.25, 0.3) is 5.65 Å². The number of pyridine rings is 1. The minimum absolute atomic E-state index is 0.377. The molecule has 1 saturated heterocycles. The summed E-state index contributed by atoms with van der Waals surface area (Å²) in [7, 11) is 0. The standard InChI is InChI=1S/C15H18BrN3O2/c1-10-6-11(16)8-19-12(7-17-14(10)19)9-18-5-3-2-4-13(18)15(20)21/h6-8,13H,2-5,9H2,1H3,(H,20,21). The summed E-state index contributed by atoms with van der Waals surface area (Å²) in [5.41, 5.74) is 3.06. The van der Waals surface area contributed by atoms with Gasteiger partial charge in [-0.1, -0.05) is 6.42 Å². The summed E-state index contributed by atoms with van der Waals surface area (Å²) in [5.74, 6) is -0.721. The number of hydrogen-bond donors (Lipinski definition) is 1. The number of carboxylic acids is 1. The molecule has 6 heteroatoms. The topological polar surface area (TPSA) is 57.8 Å². The van der Waals surface area contributed by atoms with Crippen LogP contribution < -0.4 is 0 Å². The van der Waals surface area contributed by atoms with E-state index in [-0.39, 0.29) is 6.04 Å². The third-order valence-corrected chi connectivity index (χ3v) is 4.53. The number of carboxylic acid groups (broad SMARTS) is 1. The van der Waals surface area contributed by atoms with Gasteiger partial charge in [0.25, 0.3) is 0 Å². The van der Waals surface area contributed by atoms with E-state index in [1.54, 1.807) is 0 Å². The van der Waals surface area contributed by atoms with E-state index in [1.165, 1.54) is 0 Å². The smallest absolute Gasteiger partial charge is 0.320 e. The van der Waals surface area contributed by atoms with Gasteiger partial charge in [-0.2, -0.15) is 0 Å². The number of hydrogen-bond acceptors (Lipinski definition) is 3. The number of imidazole rings is 1. The van der Waals surface area contributed by atoms with Gasteiger partial charge in [-0.3, -0.25) is 9.69 Å². The first-order valence-corrected chi connectivity index (χ1v) is 7.94. The third kappa shape index (κ3) is 2.82. The molecule has 0 amide bonds. The molecule has 1 fully saturated rings. The number of piperidine rings is 1. The van der Waals surface area contributed by atoms with Crippen LogP contribution in [0.2, 0.25) is 0 Å². The lowest BCUT2D eigenvalue weighted by molar-refractivity contribution is -0.144. The van der Waals surface area contributed by atoms with Crippen molar-refractivity contribution >= 4 is 27.5 Å². The van der Waals surface area contributed by atoms with Crippen molar-refractivity contribution in [2.75, 3.05) is 6.54 Å². The first-order chi connectivity index (χ1) is 10.1. The summed E-state index contributed by atoms with van der Waals surface area (Å²) in [6.45, 7) is 3.48. The van der Waals surface area contributed by atoms with Gasteiger partial charge < -0.3 is 9.51 Å². The molecule has 5 nitrogen and oxygen atoms in total. The number of rotatable bonds is 3. The number of nitrogens with zero attached hydrogens (tertiary/aromatic N) is 3. The molecule has 0 saturated carbocycles. The fourth-order valence-corrected chi connectivity index (χ4v) is 3.60. The summed E-state index contributed by atoms with van der Waals surface area (Å²) in [5, 5.41) is 9.37. The van der Waals surface area contributed by atoms with Gasteiger partial charge in [0.05, 0.1) is 11.9 Å². The van der Waals surface area contributed by atoms with Crippen LogP contribution in [-0.2, 0) is 11.3 Å². The van der Waals surface area contributed by atoms with E-state index >= 15 is 0 Å². The largest absolute Gasteiger partial charge is 0.480 e. The predicted octanol–water partition coefficient (Wildman–Crippen LogP) is 2.84. The molecule has 2 aromatic heterocycles. The molecule has 1 N–H and O–H groups in total. The van der Waals surface area contributed by atoms with Crippen LogP contribution in [0.5, 0.6) is 0 Å². The Hall–Kier alpha value is -1.40. The quantitative estimate of drug-likeness (QED) is 0.923. The van der Waals surface area contributed by atoms with E-state index in [1.807, 2.05) is 34.7 Å². The highest BCUT2D eigenvalue weighted by Gasteiger charge is 2.28. The molecule has 0 aromatic carbocycles. The lowest BCUT2D eigenvalue weighted by Crippen LogP contribution is -2.44. The van der Waals surface area contributed by atoms with Gasteiger partial charge in [0.2, 0.25) is 0 Å². The monoisotopic (exact) mass is 351 g/mol. The highest BCUT2D eigenvalue weighted by Crippen LogP contribution is 2.22. The molecular formula is C15H18BrN3O2. The van der Waals surface area contributed by atoms with Gasteiger partial charge in [0.15, 0.2) is 0 Å². The van der Waals surface area contributed by atoms with Crippen molar-refractivity contribution in [3.05, 3.63) is 34.2 Å². The molecule has 0 spiro atoms. The Bertz CT molecular complexity index is 683. The Morgan fingerprint density at radius 3 is 3.10 bits per heavy atom. The van der Waals surface area contributed by atoms with Crippen molar-refractivity contribution in [3.8, 4) is 0 Å². The summed E-state index contributed by atoms with van der Waals surface area (Å²) in [6, 6.07) is 1.66. The van der Waals surface area contributed by atoms with E-state index in [0.717, 1.165) is 47.2 Å². The SMILES string of the molecule is Cc1cc(Br)cn2c(CN3CCCCC3C(=O)O)cnc12. The fourth-order valence-electron chi connectivity index (χ4n) is 3.05. The minimum atomic E-state index is -0.721. The molecule has 1 unspecified atom stereocenters. The van der Waals surface area contributed by atoms with E-state index < -0.39 is 5.97 Å². The highest BCUT2D eigenvalue weighted by molar-refractivity contribution is 9.10. The number of likely N-dealkylation sites (tertiary alicyclic amines) is 1. The zero-order valence-electron chi connectivity index (χ0n) is 11.9. The second kappa shape index (κ2) is 5.77. The second-order valence-electron chi connectivity index (χ2n) is 5.60. The normalized spacial score (nSPS) is 20.0. The lowest BCUT2D eigenvalue weighted by atomic mass is 10.0. The Kier molecular flexibility index (Phi) is 3.99. The maximum Gasteiger partial charge on any atom is 0.320 e. The van der Waals surface area contributed by atoms with Crippen molar-refractivity contribution in [3.63, 3.8) is 0 Å². The van der Waals surface area contributed by atoms with E-state index in [4.69, 9.17) is 0 Å². The van der Waals surface area contributed by atoms with Gasteiger partial charge in [-0.05, 0) is 53.9 Å². The molecule has 3 rings (SSSR count). The first-order valence-electron chi connectivity index (χ1n) is 7.15. The molecule has 3 heterocycles. The van der Waals surface area contributed by atoms with Crippen LogP contribution >= 0.6 is 15.9 Å². The van der Waals surface area contributed by atoms with Crippen LogP contribution in [0.3, 0.4) is 0 Å². The highest BCUT2D eigenvalue weighted by atomic mass is 79.9. The summed E-state index contributed by atoms with van der Waals surface area (Å²) in [4.78, 5) is 17.9. The minimum Gasteiger partial charge on any atom is -0.480 e. The molecule has 0 bridgehead atoms. The zero-order chi connectivity index (χ0) is 15.0. The first kappa shape index (κ1) is 14.5. The van der Waals surface area contributed by atoms with Crippen LogP contribution in [0.1, 0.15) is 30.5 Å². The van der Waals surface area contributed by atoms with Gasteiger partial charge in [-0.15, -0.1) is 0 Å². The van der Waals surface area contributed by atoms with Gasteiger partial charge in [0.1, 0.15) is 11.7 Å². The number of halogens is 1. The Balaban J connectivity index is 1.92. The Morgan fingerprint density at radius 2 is 2.33 bits per heavy atom. The number of fused-ring (bicyclic) bond motifs is 1. The van der Waals surface area contributed by atoms with Crippen molar-refractivity contribution in [1.29, 1.82) is 0 Å². The molecule has 0 radical (unpaired) electrons. The third-order valence-electron chi connectivity index (χ3n) is 4.10. The number of aliphatic carboxylic acids is 1. The van der Waals surface area contributed by atoms with E-state index in [0.29, 0.717) is 6.54 Å². The molecule has 1 aliphatic rings. The number of carbonyl (C=O) groups is 1. The summed E-state index contributed by atoms with van der Waals surface area (Å²) in [6.07, 6.45) is 6.62. The van der Waals surface area contributed by atoms with Crippen LogP contribution in [0.4, 0.5) is 0 Å². The number of aromatic nitrogens is 2. The van der Waals surface area contributed by atoms with E-state index in [9.17, 15) is 9.90 Å². The summed E-state index contributed by atoms with van der Waals surface area (Å²) < 4.78 is 3.05. The van der Waals surface area contributed by atoms with Crippen molar-refractivity contribution < 1.29 is 9.90 Å². The van der Waals surface area contributed by atoms with Gasteiger partial charge >= 0.3 is 5.97 Å². The van der Waals surface area contributed by atoms with Crippen molar-refractivity contribution in [2.45, 2.75) is 38.8 Å². The molecule has 21 heavy (non-hydrogen) atoms. The van der Waals surface area contributed by atoms with E-state index in [2.05, 4.69) is 20.9 Å². The van der Waals surface area contributed by atoms with Crippen LogP contribution in [-0.4, -0.2) is 37.9 Å². The van der Waals surface area contributed by atoms with Crippen LogP contribution in [0.15, 0.2) is 22.9 Å². The summed E-state index contributed by atoms with van der Waals surface area (Å²) >= 11 is 3.51. The Morgan fingerprint density at radius 1 is 1.52 bits per heavy atom. The Labute approximate surface area is 131 Å². The second-order valence-corrected chi connectivity index (χ2v) is 6.52. The number of aryl methyl sites for hydroxylation is 1. The lowest BCUT2D eigenvalue weighted by Gasteiger charge is -2.32. The maximum absolute atomic E-state index is 11.4. The molecule has 2 aromatic rings. The average molecular weight is 352 g/mol. The maximum atomic E-state index is 11.4. The van der Waals surface area contributed by atoms with Crippen molar-refractivity contribution in [1.82, 2.24) is 14.3 Å². The molecule has 0 aliphatic carbocycles. The average Bonchev–Trinajstić information content (AvgIpc) is 2.82. The van der Waals surface area contributed by atoms with Crippen LogP contribution in [0, 0.1) is 6.92 Å². The zero-order valence-corrected chi connectivity index (χ0v) is 13.5. The van der Waals surface area contributed by atoms with Gasteiger partial charge in [0, 0.05) is 17.2 Å². The molecule has 112 valence electrons. The predicted molar refractivity (Wildman–Crippen MR) is 83.3 cm³/mol. The molecule has 1 aliphatic heterocycles. The van der Waals surface area contributed by atoms with Crippen molar-refractivity contribution in [2.24, 2.45) is 0 Å². The molecular weight excluding hydrogens is 334 g/mol. The van der Waals surface area contributed by atoms with Gasteiger partial charge in [-0.25, -0.2) is 4.98 Å².